The first kappa shape index (κ1) is 14.9. The van der Waals surface area contributed by atoms with Gasteiger partial charge in [0.15, 0.2) is 0 Å². The number of hydrogen-bond acceptors (Lipinski definition) is 4. The van der Waals surface area contributed by atoms with Gasteiger partial charge in [0.1, 0.15) is 5.75 Å². The molecule has 5 nitrogen and oxygen atoms in total. The number of hydrogen-bond donors (Lipinski definition) is 1. The Labute approximate surface area is 111 Å². The maximum atomic E-state index is 11.7. The Morgan fingerprint density at radius 3 is 2.33 bits per heavy atom. The fourth-order valence-electron chi connectivity index (χ4n) is 1.20. The van der Waals surface area contributed by atoms with E-state index in [0.717, 1.165) is 0 Å². The second kappa shape index (κ2) is 6.17. The van der Waals surface area contributed by atoms with E-state index in [-0.39, 0.29) is 11.0 Å². The molecule has 1 aromatic carbocycles. The van der Waals surface area contributed by atoms with Crippen molar-refractivity contribution < 1.29 is 17.9 Å². The predicted octanol–water partition coefficient (Wildman–Crippen LogP) is 1.52. The molecule has 1 rings (SSSR count). The smallest absolute Gasteiger partial charge is 0.241 e. The molecule has 0 unspecified atom stereocenters. The van der Waals surface area contributed by atoms with Crippen LogP contribution in [0.1, 0.15) is 13.8 Å². The van der Waals surface area contributed by atoms with Crippen molar-refractivity contribution in [3.63, 3.8) is 0 Å². The van der Waals surface area contributed by atoms with E-state index >= 15 is 0 Å². The Hall–Kier alpha value is -1.11. The number of nitrogens with one attached hydrogen (secondary N) is 1. The maximum Gasteiger partial charge on any atom is 0.241 e. The zero-order chi connectivity index (χ0) is 13.8. The minimum Gasteiger partial charge on any atom is -0.491 e. The topological polar surface area (TPSA) is 72.5 Å². The third-order valence-electron chi connectivity index (χ3n) is 1.91. The average molecular weight is 292 g/mol. The molecule has 0 bridgehead atoms. The van der Waals surface area contributed by atoms with E-state index in [0.29, 0.717) is 5.75 Å². The molecule has 0 spiro atoms. The molecule has 0 saturated heterocycles. The molecule has 0 radical (unpaired) electrons. The second-order valence-corrected chi connectivity index (χ2v) is 6.01. The Morgan fingerprint density at radius 2 is 1.89 bits per heavy atom. The number of halogens is 1. The molecule has 1 N–H and O–H groups in total. The highest BCUT2D eigenvalue weighted by atomic mass is 35.5. The third kappa shape index (κ3) is 4.64. The number of sulfonamides is 1. The molecule has 0 aliphatic heterocycles. The van der Waals surface area contributed by atoms with Gasteiger partial charge in [-0.2, -0.15) is 0 Å². The molecule has 0 fully saturated rings. The van der Waals surface area contributed by atoms with Crippen LogP contribution in [0.2, 0.25) is 0 Å². The van der Waals surface area contributed by atoms with E-state index in [1.807, 2.05) is 13.8 Å². The van der Waals surface area contributed by atoms with Crippen molar-refractivity contribution in [2.45, 2.75) is 24.8 Å². The summed E-state index contributed by atoms with van der Waals surface area (Å²) in [4.78, 5) is 10.6. The van der Waals surface area contributed by atoms with Gasteiger partial charge >= 0.3 is 0 Å². The van der Waals surface area contributed by atoms with Gasteiger partial charge in [-0.3, -0.25) is 4.79 Å². The van der Waals surface area contributed by atoms with Crippen LogP contribution in [0.25, 0.3) is 0 Å². The van der Waals surface area contributed by atoms with Crippen LogP contribution >= 0.6 is 11.6 Å². The standard InChI is InChI=1S/C11H14ClNO4S/c1-8(2)17-9-3-5-10(6-4-9)18(15,16)13-7-11(12)14/h3-6,8,13H,7H2,1-2H3. The van der Waals surface area contributed by atoms with Gasteiger partial charge < -0.3 is 4.74 Å². The molecular weight excluding hydrogens is 278 g/mol. The van der Waals surface area contributed by atoms with E-state index in [1.54, 1.807) is 12.1 Å². The molecule has 0 aliphatic carbocycles. The molecule has 0 amide bonds. The zero-order valence-corrected chi connectivity index (χ0v) is 11.6. The Kier molecular flexibility index (Phi) is 5.13. The van der Waals surface area contributed by atoms with Gasteiger partial charge in [-0.05, 0) is 49.7 Å². The average Bonchev–Trinajstić information content (AvgIpc) is 2.26. The minimum absolute atomic E-state index is 0.0134. The van der Waals surface area contributed by atoms with E-state index in [4.69, 9.17) is 16.3 Å². The monoisotopic (exact) mass is 291 g/mol. The summed E-state index contributed by atoms with van der Waals surface area (Å²) in [6.07, 6.45) is 0.0134. The van der Waals surface area contributed by atoms with Crippen LogP contribution in [0, 0.1) is 0 Å². The number of benzene rings is 1. The molecule has 18 heavy (non-hydrogen) atoms. The van der Waals surface area contributed by atoms with Crippen molar-refractivity contribution >= 4 is 26.9 Å². The minimum atomic E-state index is -3.71. The Morgan fingerprint density at radius 1 is 1.33 bits per heavy atom. The highest BCUT2D eigenvalue weighted by Gasteiger charge is 2.14. The summed E-state index contributed by atoms with van der Waals surface area (Å²) in [5, 5.41) is -0.765. The van der Waals surface area contributed by atoms with Crippen molar-refractivity contribution in [1.29, 1.82) is 0 Å². The van der Waals surface area contributed by atoms with E-state index in [1.165, 1.54) is 12.1 Å². The van der Waals surface area contributed by atoms with Gasteiger partial charge in [0.25, 0.3) is 0 Å². The molecule has 0 atom stereocenters. The van der Waals surface area contributed by atoms with Crippen molar-refractivity contribution in [3.05, 3.63) is 24.3 Å². The SMILES string of the molecule is CC(C)Oc1ccc(S(=O)(=O)NCC(=O)Cl)cc1. The van der Waals surface area contributed by atoms with Gasteiger partial charge in [-0.25, -0.2) is 13.1 Å². The molecule has 100 valence electrons. The van der Waals surface area contributed by atoms with Gasteiger partial charge in [0.2, 0.25) is 15.3 Å². The van der Waals surface area contributed by atoms with Crippen LogP contribution in [0.5, 0.6) is 5.75 Å². The summed E-state index contributed by atoms with van der Waals surface area (Å²) in [5.74, 6) is 0.581. The summed E-state index contributed by atoms with van der Waals surface area (Å²) in [6, 6.07) is 5.91. The quantitative estimate of drug-likeness (QED) is 0.807. The normalized spacial score (nSPS) is 11.6. The molecule has 7 heteroatoms. The lowest BCUT2D eigenvalue weighted by Gasteiger charge is -2.10. The summed E-state index contributed by atoms with van der Waals surface area (Å²) >= 11 is 5.07. The summed E-state index contributed by atoms with van der Waals surface area (Å²) in [6.45, 7) is 3.31. The Bertz CT molecular complexity index is 510. The lowest BCUT2D eigenvalue weighted by atomic mass is 10.3. The molecule has 0 heterocycles. The lowest BCUT2D eigenvalue weighted by molar-refractivity contribution is -0.110. The van der Waals surface area contributed by atoms with Gasteiger partial charge in [0.05, 0.1) is 17.5 Å². The van der Waals surface area contributed by atoms with Crippen LogP contribution < -0.4 is 9.46 Å². The molecular formula is C11H14ClNO4S. The lowest BCUT2D eigenvalue weighted by Crippen LogP contribution is -2.27. The van der Waals surface area contributed by atoms with Gasteiger partial charge in [0, 0.05) is 0 Å². The highest BCUT2D eigenvalue weighted by molar-refractivity contribution is 7.89. The second-order valence-electron chi connectivity index (χ2n) is 3.82. The van der Waals surface area contributed by atoms with E-state index in [9.17, 15) is 13.2 Å². The van der Waals surface area contributed by atoms with Crippen molar-refractivity contribution in [2.24, 2.45) is 0 Å². The zero-order valence-electron chi connectivity index (χ0n) is 10.0. The maximum absolute atomic E-state index is 11.7. The van der Waals surface area contributed by atoms with Crippen molar-refractivity contribution in [2.75, 3.05) is 6.54 Å². The number of rotatable bonds is 6. The third-order valence-corrected chi connectivity index (χ3v) is 3.46. The molecule has 0 aromatic heterocycles. The van der Waals surface area contributed by atoms with Crippen LogP contribution in [0.4, 0.5) is 0 Å². The molecule has 0 saturated carbocycles. The largest absolute Gasteiger partial charge is 0.491 e. The van der Waals surface area contributed by atoms with E-state index in [2.05, 4.69) is 4.72 Å². The molecule has 1 aromatic rings. The fourth-order valence-corrected chi connectivity index (χ4v) is 2.33. The predicted molar refractivity (Wildman–Crippen MR) is 68.3 cm³/mol. The van der Waals surface area contributed by atoms with Crippen molar-refractivity contribution in [1.82, 2.24) is 4.72 Å². The Balaban J connectivity index is 2.81. The first-order valence-corrected chi connectivity index (χ1v) is 7.12. The summed E-state index contributed by atoms with van der Waals surface area (Å²) in [5.41, 5.74) is 0. The van der Waals surface area contributed by atoms with Crippen LogP contribution in [0.15, 0.2) is 29.2 Å². The first-order valence-electron chi connectivity index (χ1n) is 5.26. The summed E-state index contributed by atoms with van der Waals surface area (Å²) in [7, 11) is -3.71. The van der Waals surface area contributed by atoms with Gasteiger partial charge in [-0.15, -0.1) is 0 Å². The number of carbonyl (C=O) groups excluding carboxylic acids is 1. The first-order chi connectivity index (χ1) is 8.31. The van der Waals surface area contributed by atoms with E-state index < -0.39 is 21.8 Å². The fraction of sp³-hybridized carbons (Fsp3) is 0.364. The number of ether oxygens (including phenoxy) is 1. The number of carbonyl (C=O) groups is 1. The summed E-state index contributed by atoms with van der Waals surface area (Å²) < 4.78 is 30.9. The highest BCUT2D eigenvalue weighted by Crippen LogP contribution is 2.16. The van der Waals surface area contributed by atoms with Crippen LogP contribution in [-0.4, -0.2) is 26.3 Å². The van der Waals surface area contributed by atoms with Gasteiger partial charge in [-0.1, -0.05) is 0 Å². The van der Waals surface area contributed by atoms with Crippen LogP contribution in [-0.2, 0) is 14.8 Å². The van der Waals surface area contributed by atoms with Crippen molar-refractivity contribution in [3.8, 4) is 5.75 Å². The van der Waals surface area contributed by atoms with Crippen LogP contribution in [0.3, 0.4) is 0 Å². The molecule has 0 aliphatic rings.